The van der Waals surface area contributed by atoms with Crippen molar-refractivity contribution in [3.63, 3.8) is 0 Å². The molecule has 3 rings (SSSR count). The predicted molar refractivity (Wildman–Crippen MR) is 78.8 cm³/mol. The molecule has 1 N–H and O–H groups in total. The van der Waals surface area contributed by atoms with E-state index in [0.717, 1.165) is 0 Å². The van der Waals surface area contributed by atoms with E-state index in [1.807, 2.05) is 0 Å². The van der Waals surface area contributed by atoms with Gasteiger partial charge in [0.15, 0.2) is 5.52 Å². The second-order valence-corrected chi connectivity index (χ2v) is 6.46. The predicted octanol–water partition coefficient (Wildman–Crippen LogP) is 2.99. The van der Waals surface area contributed by atoms with Gasteiger partial charge in [-0.1, -0.05) is 23.7 Å². The van der Waals surface area contributed by atoms with Gasteiger partial charge in [-0.2, -0.15) is 0 Å². The number of aromatic nitrogens is 2. The first-order chi connectivity index (χ1) is 9.99. The van der Waals surface area contributed by atoms with Crippen molar-refractivity contribution in [3.8, 4) is 0 Å². The fourth-order valence-corrected chi connectivity index (χ4v) is 3.37. The Hall–Kier alpha value is -2.12. The molecule has 0 spiro atoms. The summed E-state index contributed by atoms with van der Waals surface area (Å²) in [5, 5.41) is 7.75. The highest BCUT2D eigenvalue weighted by Gasteiger charge is 2.21. The van der Waals surface area contributed by atoms with Crippen LogP contribution in [0.4, 0.5) is 5.69 Å². The van der Waals surface area contributed by atoms with E-state index in [-0.39, 0.29) is 10.4 Å². The lowest BCUT2D eigenvalue weighted by molar-refractivity contribution is 0.315. The van der Waals surface area contributed by atoms with E-state index in [0.29, 0.717) is 21.8 Å². The number of halogens is 1. The zero-order valence-corrected chi connectivity index (χ0v) is 12.4. The molecule has 0 fully saturated rings. The third-order valence-electron chi connectivity index (χ3n) is 3.05. The summed E-state index contributed by atoms with van der Waals surface area (Å²) in [6.07, 6.45) is 0. The SMILES string of the molecule is Cc1c(Cl)cccc1NS(=O)(=O)c1cccc2nonc12. The van der Waals surface area contributed by atoms with Crippen LogP contribution in [0.3, 0.4) is 0 Å². The lowest BCUT2D eigenvalue weighted by Crippen LogP contribution is -2.14. The van der Waals surface area contributed by atoms with Gasteiger partial charge in [-0.05, 0) is 47.1 Å². The van der Waals surface area contributed by atoms with E-state index < -0.39 is 10.0 Å². The minimum Gasteiger partial charge on any atom is -0.279 e. The van der Waals surface area contributed by atoms with Gasteiger partial charge in [-0.15, -0.1) is 0 Å². The van der Waals surface area contributed by atoms with Crippen molar-refractivity contribution in [2.75, 3.05) is 4.72 Å². The minimum absolute atomic E-state index is 0.000579. The van der Waals surface area contributed by atoms with Crippen LogP contribution in [0.15, 0.2) is 45.9 Å². The van der Waals surface area contributed by atoms with Crippen LogP contribution in [0, 0.1) is 6.92 Å². The summed E-state index contributed by atoms with van der Waals surface area (Å²) in [4.78, 5) is 0.000579. The zero-order chi connectivity index (χ0) is 15.0. The van der Waals surface area contributed by atoms with E-state index in [4.69, 9.17) is 11.6 Å². The molecule has 1 aromatic heterocycles. The fourth-order valence-electron chi connectivity index (χ4n) is 1.92. The lowest BCUT2D eigenvalue weighted by atomic mass is 10.2. The highest BCUT2D eigenvalue weighted by molar-refractivity contribution is 7.93. The lowest BCUT2D eigenvalue weighted by Gasteiger charge is -2.11. The average Bonchev–Trinajstić information content (AvgIpc) is 2.91. The molecule has 0 aliphatic heterocycles. The summed E-state index contributed by atoms with van der Waals surface area (Å²) in [5.41, 5.74) is 1.62. The number of hydrogen-bond acceptors (Lipinski definition) is 5. The maximum absolute atomic E-state index is 12.5. The van der Waals surface area contributed by atoms with Gasteiger partial charge in [-0.25, -0.2) is 13.0 Å². The van der Waals surface area contributed by atoms with E-state index in [2.05, 4.69) is 19.7 Å². The molecule has 0 bridgehead atoms. The Bertz CT molecular complexity index is 921. The van der Waals surface area contributed by atoms with E-state index >= 15 is 0 Å². The summed E-state index contributed by atoms with van der Waals surface area (Å²) in [6.45, 7) is 1.73. The number of rotatable bonds is 3. The van der Waals surface area contributed by atoms with Crippen LogP contribution in [0.1, 0.15) is 5.56 Å². The van der Waals surface area contributed by atoms with Crippen molar-refractivity contribution < 1.29 is 13.0 Å². The van der Waals surface area contributed by atoms with Gasteiger partial charge in [0.25, 0.3) is 10.0 Å². The van der Waals surface area contributed by atoms with Crippen molar-refractivity contribution in [1.82, 2.24) is 10.3 Å². The summed E-state index contributed by atoms with van der Waals surface area (Å²) < 4.78 is 32.1. The van der Waals surface area contributed by atoms with E-state index in [1.165, 1.54) is 6.07 Å². The molecule has 0 radical (unpaired) electrons. The monoisotopic (exact) mass is 323 g/mol. The summed E-state index contributed by atoms with van der Waals surface area (Å²) in [6, 6.07) is 9.64. The fraction of sp³-hybridized carbons (Fsp3) is 0.0769. The van der Waals surface area contributed by atoms with Crippen molar-refractivity contribution in [2.45, 2.75) is 11.8 Å². The molecule has 0 aliphatic carbocycles. The van der Waals surface area contributed by atoms with Gasteiger partial charge < -0.3 is 0 Å². The second kappa shape index (κ2) is 5.01. The van der Waals surface area contributed by atoms with Gasteiger partial charge in [0.2, 0.25) is 0 Å². The summed E-state index contributed by atoms with van der Waals surface area (Å²) in [5.74, 6) is 0. The molecule has 0 saturated carbocycles. The first-order valence-electron chi connectivity index (χ1n) is 5.98. The summed E-state index contributed by atoms with van der Waals surface area (Å²) in [7, 11) is -3.82. The van der Waals surface area contributed by atoms with Crippen LogP contribution in [-0.4, -0.2) is 18.7 Å². The molecule has 108 valence electrons. The van der Waals surface area contributed by atoms with E-state index in [1.54, 1.807) is 37.3 Å². The van der Waals surface area contributed by atoms with Crippen molar-refractivity contribution in [1.29, 1.82) is 0 Å². The van der Waals surface area contributed by atoms with Crippen LogP contribution < -0.4 is 4.72 Å². The van der Waals surface area contributed by atoms with Gasteiger partial charge in [-0.3, -0.25) is 4.72 Å². The largest absolute Gasteiger partial charge is 0.279 e. The number of hydrogen-bond donors (Lipinski definition) is 1. The van der Waals surface area contributed by atoms with Crippen LogP contribution in [-0.2, 0) is 10.0 Å². The molecule has 0 amide bonds. The molecule has 0 unspecified atom stereocenters. The standard InChI is InChI=1S/C13H10ClN3O3S/c1-8-9(14)4-2-5-10(8)17-21(18,19)12-7-3-6-11-13(12)16-20-15-11/h2-7,17H,1H3. The quantitative estimate of drug-likeness (QED) is 0.801. The topological polar surface area (TPSA) is 85.1 Å². The van der Waals surface area contributed by atoms with Crippen LogP contribution in [0.2, 0.25) is 5.02 Å². The molecule has 1 heterocycles. The highest BCUT2D eigenvalue weighted by Crippen LogP contribution is 2.27. The molecular formula is C13H10ClN3O3S. The average molecular weight is 324 g/mol. The van der Waals surface area contributed by atoms with Crippen molar-refractivity contribution in [2.24, 2.45) is 0 Å². The maximum Gasteiger partial charge on any atom is 0.264 e. The zero-order valence-electron chi connectivity index (χ0n) is 10.9. The Kier molecular flexibility index (Phi) is 3.30. The van der Waals surface area contributed by atoms with Gasteiger partial charge >= 0.3 is 0 Å². The third kappa shape index (κ3) is 2.45. The Morgan fingerprint density at radius 3 is 2.71 bits per heavy atom. The molecule has 6 nitrogen and oxygen atoms in total. The Morgan fingerprint density at radius 1 is 1.14 bits per heavy atom. The molecule has 0 atom stereocenters. The third-order valence-corrected chi connectivity index (χ3v) is 4.86. The number of sulfonamides is 1. The highest BCUT2D eigenvalue weighted by atomic mass is 35.5. The molecule has 0 aliphatic rings. The Morgan fingerprint density at radius 2 is 1.90 bits per heavy atom. The second-order valence-electron chi connectivity index (χ2n) is 4.41. The first-order valence-corrected chi connectivity index (χ1v) is 7.84. The van der Waals surface area contributed by atoms with E-state index in [9.17, 15) is 8.42 Å². The number of benzene rings is 2. The summed E-state index contributed by atoms with van der Waals surface area (Å²) >= 11 is 5.99. The molecule has 2 aromatic carbocycles. The van der Waals surface area contributed by atoms with Crippen molar-refractivity contribution in [3.05, 3.63) is 47.0 Å². The Labute approximate surface area is 125 Å². The number of nitrogens with one attached hydrogen (secondary N) is 1. The number of nitrogens with zero attached hydrogens (tertiary/aromatic N) is 2. The van der Waals surface area contributed by atoms with Gasteiger partial charge in [0.05, 0.1) is 5.69 Å². The number of anilines is 1. The van der Waals surface area contributed by atoms with Crippen molar-refractivity contribution >= 4 is 38.3 Å². The first kappa shape index (κ1) is 13.8. The number of fused-ring (bicyclic) bond motifs is 1. The smallest absolute Gasteiger partial charge is 0.264 e. The molecular weight excluding hydrogens is 314 g/mol. The maximum atomic E-state index is 12.5. The molecule has 0 saturated heterocycles. The molecule has 3 aromatic rings. The Balaban J connectivity index is 2.09. The molecule has 8 heteroatoms. The molecule has 21 heavy (non-hydrogen) atoms. The van der Waals surface area contributed by atoms with Gasteiger partial charge in [0, 0.05) is 5.02 Å². The van der Waals surface area contributed by atoms with Crippen LogP contribution in [0.25, 0.3) is 11.0 Å². The minimum atomic E-state index is -3.82. The van der Waals surface area contributed by atoms with Crippen LogP contribution in [0.5, 0.6) is 0 Å². The van der Waals surface area contributed by atoms with Gasteiger partial charge in [0.1, 0.15) is 10.4 Å². The van der Waals surface area contributed by atoms with Crippen LogP contribution >= 0.6 is 11.6 Å². The normalized spacial score (nSPS) is 11.7.